The van der Waals surface area contributed by atoms with Crippen molar-refractivity contribution in [2.75, 3.05) is 18.8 Å². The summed E-state index contributed by atoms with van der Waals surface area (Å²) >= 11 is 1.75. The Morgan fingerprint density at radius 2 is 2.05 bits per heavy atom. The molecule has 0 bridgehead atoms. The molecule has 3 heterocycles. The van der Waals surface area contributed by atoms with Crippen LogP contribution < -0.4 is 5.73 Å². The Hall–Kier alpha value is -0.460. The molecule has 114 valence electrons. The van der Waals surface area contributed by atoms with Crippen molar-refractivity contribution < 1.29 is 9.59 Å². The van der Waals surface area contributed by atoms with E-state index in [1.165, 1.54) is 0 Å². The van der Waals surface area contributed by atoms with Crippen LogP contribution in [0.1, 0.15) is 32.6 Å². The number of halogens is 1. The standard InChI is InChI=1S/C13H21N3O2S.ClH/c1-13-5-2-11(17)16(13)10(8-19-13)12(18)15-6-3-9(14)4-7-15;/h9-10H,2-8,14H2,1H3;1H. The molecule has 7 heteroatoms. The minimum atomic E-state index is -0.251. The van der Waals surface area contributed by atoms with Gasteiger partial charge in [-0.3, -0.25) is 9.59 Å². The van der Waals surface area contributed by atoms with Gasteiger partial charge in [0.05, 0.1) is 4.87 Å². The third-order valence-corrected chi connectivity index (χ3v) is 6.09. The lowest BCUT2D eigenvalue weighted by atomic mass is 10.0. The maximum absolute atomic E-state index is 12.6. The van der Waals surface area contributed by atoms with Gasteiger partial charge in [-0.1, -0.05) is 0 Å². The van der Waals surface area contributed by atoms with Crippen molar-refractivity contribution >= 4 is 36.0 Å². The van der Waals surface area contributed by atoms with Crippen molar-refractivity contribution in [1.29, 1.82) is 0 Å². The molecule has 2 atom stereocenters. The maximum atomic E-state index is 12.6. The summed E-state index contributed by atoms with van der Waals surface area (Å²) in [5.41, 5.74) is 5.87. The topological polar surface area (TPSA) is 66.6 Å². The van der Waals surface area contributed by atoms with Crippen LogP contribution in [0.3, 0.4) is 0 Å². The Morgan fingerprint density at radius 3 is 2.70 bits per heavy atom. The van der Waals surface area contributed by atoms with Gasteiger partial charge in [-0.2, -0.15) is 0 Å². The van der Waals surface area contributed by atoms with Gasteiger partial charge >= 0.3 is 0 Å². The molecule has 0 aromatic carbocycles. The van der Waals surface area contributed by atoms with Gasteiger partial charge in [0.1, 0.15) is 6.04 Å². The van der Waals surface area contributed by atoms with Crippen molar-refractivity contribution in [1.82, 2.24) is 9.80 Å². The van der Waals surface area contributed by atoms with Crippen LogP contribution in [-0.2, 0) is 9.59 Å². The number of hydrogen-bond donors (Lipinski definition) is 1. The summed E-state index contributed by atoms with van der Waals surface area (Å²) < 4.78 is 0. The Balaban J connectivity index is 0.00000147. The molecule has 2 amide bonds. The lowest BCUT2D eigenvalue weighted by Crippen LogP contribution is -2.53. The number of hydrogen-bond acceptors (Lipinski definition) is 4. The third-order valence-electron chi connectivity index (χ3n) is 4.58. The number of nitrogens with zero attached hydrogens (tertiary/aromatic N) is 2. The highest BCUT2D eigenvalue weighted by atomic mass is 35.5. The van der Waals surface area contributed by atoms with Crippen LogP contribution in [-0.4, -0.2) is 57.4 Å². The second kappa shape index (κ2) is 5.73. The normalized spacial score (nSPS) is 34.1. The molecule has 3 rings (SSSR count). The molecule has 2 N–H and O–H groups in total. The van der Waals surface area contributed by atoms with E-state index in [4.69, 9.17) is 5.73 Å². The van der Waals surface area contributed by atoms with Crippen molar-refractivity contribution in [3.8, 4) is 0 Å². The number of carbonyl (C=O) groups is 2. The number of likely N-dealkylation sites (tertiary alicyclic amines) is 1. The second-order valence-corrected chi connectivity index (χ2v) is 7.43. The average Bonchev–Trinajstić information content (AvgIpc) is 2.87. The molecule has 3 aliphatic heterocycles. The highest BCUT2D eigenvalue weighted by Gasteiger charge is 2.53. The quantitative estimate of drug-likeness (QED) is 0.777. The summed E-state index contributed by atoms with van der Waals surface area (Å²) in [5, 5.41) is 0. The number of fused-ring (bicyclic) bond motifs is 1. The number of amides is 2. The largest absolute Gasteiger partial charge is 0.341 e. The minimum absolute atomic E-state index is 0. The fourth-order valence-electron chi connectivity index (χ4n) is 3.33. The Kier molecular flexibility index (Phi) is 4.56. The van der Waals surface area contributed by atoms with Crippen LogP contribution >= 0.6 is 24.2 Å². The predicted octanol–water partition coefficient (Wildman–Crippen LogP) is 0.812. The molecule has 20 heavy (non-hydrogen) atoms. The van der Waals surface area contributed by atoms with Gasteiger partial charge in [-0.15, -0.1) is 24.2 Å². The van der Waals surface area contributed by atoms with E-state index in [1.54, 1.807) is 11.8 Å². The predicted molar refractivity (Wildman–Crippen MR) is 81.8 cm³/mol. The van der Waals surface area contributed by atoms with Gasteiger partial charge in [0, 0.05) is 31.3 Å². The van der Waals surface area contributed by atoms with Gasteiger partial charge in [0.15, 0.2) is 0 Å². The summed E-state index contributed by atoms with van der Waals surface area (Å²) in [4.78, 5) is 28.2. The average molecular weight is 320 g/mol. The first kappa shape index (κ1) is 15.9. The number of rotatable bonds is 1. The molecule has 0 aromatic rings. The van der Waals surface area contributed by atoms with Crippen LogP contribution in [0.25, 0.3) is 0 Å². The number of thioether (sulfide) groups is 1. The molecule has 3 fully saturated rings. The second-order valence-electron chi connectivity index (χ2n) is 5.93. The molecular formula is C13H22ClN3O2S. The Bertz CT molecular complexity index is 414. The van der Waals surface area contributed by atoms with Gasteiger partial charge in [-0.25, -0.2) is 0 Å². The molecule has 3 saturated heterocycles. The van der Waals surface area contributed by atoms with E-state index in [9.17, 15) is 9.59 Å². The number of nitrogens with two attached hydrogens (primary N) is 1. The summed E-state index contributed by atoms with van der Waals surface area (Å²) in [5.74, 6) is 1.00. The molecular weight excluding hydrogens is 298 g/mol. The molecule has 0 radical (unpaired) electrons. The van der Waals surface area contributed by atoms with Gasteiger partial charge in [0.2, 0.25) is 11.8 Å². The zero-order valence-electron chi connectivity index (χ0n) is 11.7. The van der Waals surface area contributed by atoms with Crippen LogP contribution in [0.15, 0.2) is 0 Å². The fourth-order valence-corrected chi connectivity index (χ4v) is 4.76. The van der Waals surface area contributed by atoms with E-state index < -0.39 is 0 Å². The van der Waals surface area contributed by atoms with Crippen LogP contribution in [0.4, 0.5) is 0 Å². The molecule has 3 aliphatic rings. The highest BCUT2D eigenvalue weighted by molar-refractivity contribution is 8.01. The lowest BCUT2D eigenvalue weighted by Gasteiger charge is -2.35. The smallest absolute Gasteiger partial charge is 0.246 e. The van der Waals surface area contributed by atoms with Crippen molar-refractivity contribution in [3.63, 3.8) is 0 Å². The van der Waals surface area contributed by atoms with E-state index in [0.29, 0.717) is 6.42 Å². The first-order chi connectivity index (χ1) is 9.01. The summed E-state index contributed by atoms with van der Waals surface area (Å²) in [7, 11) is 0. The number of carbonyl (C=O) groups excluding carboxylic acids is 2. The van der Waals surface area contributed by atoms with E-state index in [2.05, 4.69) is 6.92 Å². The maximum Gasteiger partial charge on any atom is 0.246 e. The first-order valence-electron chi connectivity index (χ1n) is 7.02. The van der Waals surface area contributed by atoms with Gasteiger partial charge in [-0.05, 0) is 26.2 Å². The van der Waals surface area contributed by atoms with Crippen LogP contribution in [0.2, 0.25) is 0 Å². The van der Waals surface area contributed by atoms with E-state index in [1.807, 2.05) is 9.80 Å². The molecule has 0 saturated carbocycles. The molecule has 0 spiro atoms. The Labute approximate surface area is 130 Å². The monoisotopic (exact) mass is 319 g/mol. The highest BCUT2D eigenvalue weighted by Crippen LogP contribution is 2.47. The van der Waals surface area contributed by atoms with Crippen LogP contribution in [0.5, 0.6) is 0 Å². The summed E-state index contributed by atoms with van der Waals surface area (Å²) in [6.45, 7) is 3.56. The zero-order chi connectivity index (χ0) is 13.6. The molecule has 5 nitrogen and oxygen atoms in total. The van der Waals surface area contributed by atoms with Gasteiger partial charge < -0.3 is 15.5 Å². The number of piperidine rings is 1. The minimum Gasteiger partial charge on any atom is -0.341 e. The zero-order valence-corrected chi connectivity index (χ0v) is 13.3. The van der Waals surface area contributed by atoms with E-state index in [0.717, 1.165) is 38.1 Å². The van der Waals surface area contributed by atoms with Crippen LogP contribution in [0, 0.1) is 0 Å². The Morgan fingerprint density at radius 1 is 1.40 bits per heavy atom. The van der Waals surface area contributed by atoms with E-state index in [-0.39, 0.29) is 41.2 Å². The van der Waals surface area contributed by atoms with Crippen molar-refractivity contribution in [3.05, 3.63) is 0 Å². The van der Waals surface area contributed by atoms with Crippen molar-refractivity contribution in [2.24, 2.45) is 5.73 Å². The first-order valence-corrected chi connectivity index (χ1v) is 8.00. The van der Waals surface area contributed by atoms with Gasteiger partial charge in [0.25, 0.3) is 0 Å². The lowest BCUT2D eigenvalue weighted by molar-refractivity contribution is -0.144. The third kappa shape index (κ3) is 2.53. The summed E-state index contributed by atoms with van der Waals surface area (Å²) in [6.07, 6.45) is 3.19. The van der Waals surface area contributed by atoms with E-state index >= 15 is 0 Å². The molecule has 0 aliphatic carbocycles. The molecule has 2 unspecified atom stereocenters. The molecule has 0 aromatic heterocycles. The SMILES string of the molecule is CC12CCC(=O)N1C(C(=O)N1CCC(N)CC1)CS2.Cl. The van der Waals surface area contributed by atoms with Crippen molar-refractivity contribution in [2.45, 2.75) is 49.6 Å². The fraction of sp³-hybridized carbons (Fsp3) is 0.846. The summed E-state index contributed by atoms with van der Waals surface area (Å²) in [6, 6.07) is -0.0278.